The molecule has 0 aliphatic heterocycles. The summed E-state index contributed by atoms with van der Waals surface area (Å²) in [5, 5.41) is 9.77. The molecule has 0 saturated carbocycles. The van der Waals surface area contributed by atoms with Gasteiger partial charge in [-0.1, -0.05) is 62.4 Å². The van der Waals surface area contributed by atoms with Gasteiger partial charge in [0.15, 0.2) is 0 Å². The second-order valence-corrected chi connectivity index (χ2v) is 4.59. The minimum Gasteiger partial charge on any atom is -0.388 e. The van der Waals surface area contributed by atoms with Gasteiger partial charge in [-0.2, -0.15) is 0 Å². The molecule has 1 aliphatic rings. The molecule has 0 fully saturated rings. The lowest BCUT2D eigenvalue weighted by Crippen LogP contribution is -2.27. The zero-order chi connectivity index (χ0) is 10.9. The van der Waals surface area contributed by atoms with Crippen LogP contribution in [0.3, 0.4) is 0 Å². The average molecular weight is 200 g/mol. The van der Waals surface area contributed by atoms with Gasteiger partial charge in [0, 0.05) is 5.41 Å². The quantitative estimate of drug-likeness (QED) is 0.738. The van der Waals surface area contributed by atoms with Gasteiger partial charge in [0.1, 0.15) is 0 Å². The Kier molecular flexibility index (Phi) is 2.49. The third-order valence-electron chi connectivity index (χ3n) is 2.86. The van der Waals surface area contributed by atoms with Crippen LogP contribution in [-0.2, 0) is 0 Å². The summed E-state index contributed by atoms with van der Waals surface area (Å²) in [6.07, 6.45) is 5.60. The SMILES string of the molecule is CC1(C)C=C(c2ccccc2)C=CC1O. The lowest BCUT2D eigenvalue weighted by Gasteiger charge is -2.29. The summed E-state index contributed by atoms with van der Waals surface area (Å²) in [5.74, 6) is 0. The highest BCUT2D eigenvalue weighted by Gasteiger charge is 2.26. The maximum atomic E-state index is 9.77. The van der Waals surface area contributed by atoms with Gasteiger partial charge in [0.25, 0.3) is 0 Å². The minimum atomic E-state index is -0.384. The van der Waals surface area contributed by atoms with E-state index >= 15 is 0 Å². The lowest BCUT2D eigenvalue weighted by molar-refractivity contribution is 0.125. The van der Waals surface area contributed by atoms with Gasteiger partial charge in [-0.3, -0.25) is 0 Å². The lowest BCUT2D eigenvalue weighted by atomic mass is 9.79. The Hall–Kier alpha value is -1.34. The Morgan fingerprint density at radius 3 is 2.40 bits per heavy atom. The van der Waals surface area contributed by atoms with Gasteiger partial charge in [-0.25, -0.2) is 0 Å². The molecule has 1 heteroatoms. The third kappa shape index (κ3) is 2.02. The standard InChI is InChI=1S/C14H16O/c1-14(2)10-12(8-9-13(14)15)11-6-4-3-5-7-11/h3-10,13,15H,1-2H3. The zero-order valence-corrected chi connectivity index (χ0v) is 9.14. The molecule has 0 radical (unpaired) electrons. The topological polar surface area (TPSA) is 20.2 Å². The minimum absolute atomic E-state index is 0.181. The van der Waals surface area contributed by atoms with E-state index in [9.17, 15) is 5.11 Å². The third-order valence-corrected chi connectivity index (χ3v) is 2.86. The van der Waals surface area contributed by atoms with Gasteiger partial charge in [0.2, 0.25) is 0 Å². The van der Waals surface area contributed by atoms with E-state index in [0.717, 1.165) is 0 Å². The van der Waals surface area contributed by atoms with Crippen LogP contribution < -0.4 is 0 Å². The Balaban J connectivity index is 2.37. The van der Waals surface area contributed by atoms with Crippen LogP contribution in [0.15, 0.2) is 48.6 Å². The second kappa shape index (κ2) is 3.67. The monoisotopic (exact) mass is 200 g/mol. The number of hydrogen-bond donors (Lipinski definition) is 1. The van der Waals surface area contributed by atoms with Gasteiger partial charge in [-0.15, -0.1) is 0 Å². The molecule has 0 heterocycles. The fraction of sp³-hybridized carbons (Fsp3) is 0.286. The molecule has 1 atom stereocenters. The van der Waals surface area contributed by atoms with Gasteiger partial charge in [-0.05, 0) is 11.1 Å². The molecule has 1 N–H and O–H groups in total. The van der Waals surface area contributed by atoms with Crippen molar-refractivity contribution in [3.63, 3.8) is 0 Å². The summed E-state index contributed by atoms with van der Waals surface area (Å²) < 4.78 is 0. The van der Waals surface area contributed by atoms with Crippen LogP contribution in [0, 0.1) is 5.41 Å². The Morgan fingerprint density at radius 1 is 1.13 bits per heavy atom. The number of rotatable bonds is 1. The van der Waals surface area contributed by atoms with Crippen molar-refractivity contribution in [2.45, 2.75) is 20.0 Å². The fourth-order valence-corrected chi connectivity index (χ4v) is 1.79. The van der Waals surface area contributed by atoms with Crippen molar-refractivity contribution >= 4 is 5.57 Å². The number of aliphatic hydroxyl groups is 1. The molecular formula is C14H16O. The molecule has 1 aromatic carbocycles. The van der Waals surface area contributed by atoms with Gasteiger partial charge < -0.3 is 5.11 Å². The summed E-state index contributed by atoms with van der Waals surface area (Å²) in [6, 6.07) is 10.2. The summed E-state index contributed by atoms with van der Waals surface area (Å²) in [6.45, 7) is 4.09. The molecule has 0 aromatic heterocycles. The van der Waals surface area contributed by atoms with Crippen molar-refractivity contribution in [3.05, 3.63) is 54.1 Å². The van der Waals surface area contributed by atoms with E-state index in [-0.39, 0.29) is 11.5 Å². The van der Waals surface area contributed by atoms with E-state index in [2.05, 4.69) is 18.2 Å². The first-order chi connectivity index (χ1) is 7.09. The Morgan fingerprint density at radius 2 is 1.80 bits per heavy atom. The largest absolute Gasteiger partial charge is 0.388 e. The van der Waals surface area contributed by atoms with Gasteiger partial charge in [0.05, 0.1) is 6.10 Å². The second-order valence-electron chi connectivity index (χ2n) is 4.59. The first-order valence-electron chi connectivity index (χ1n) is 5.24. The number of hydrogen-bond acceptors (Lipinski definition) is 1. The number of benzene rings is 1. The smallest absolute Gasteiger partial charge is 0.0809 e. The molecule has 0 amide bonds. The molecule has 78 valence electrons. The molecule has 2 rings (SSSR count). The highest BCUT2D eigenvalue weighted by atomic mass is 16.3. The average Bonchev–Trinajstić information content (AvgIpc) is 2.23. The van der Waals surface area contributed by atoms with Crippen molar-refractivity contribution in [1.82, 2.24) is 0 Å². The fourth-order valence-electron chi connectivity index (χ4n) is 1.79. The summed E-state index contributed by atoms with van der Waals surface area (Å²) in [7, 11) is 0. The van der Waals surface area contributed by atoms with E-state index in [1.165, 1.54) is 11.1 Å². The highest BCUT2D eigenvalue weighted by molar-refractivity contribution is 5.75. The normalized spacial score (nSPS) is 23.7. The van der Waals surface area contributed by atoms with Crippen molar-refractivity contribution < 1.29 is 5.11 Å². The molecular weight excluding hydrogens is 184 g/mol. The highest BCUT2D eigenvalue weighted by Crippen LogP contribution is 2.33. The maximum absolute atomic E-state index is 9.77. The number of allylic oxidation sites excluding steroid dienone is 2. The Labute approximate surface area is 90.8 Å². The maximum Gasteiger partial charge on any atom is 0.0809 e. The molecule has 1 nitrogen and oxygen atoms in total. The van der Waals surface area contributed by atoms with Crippen molar-refractivity contribution in [2.75, 3.05) is 0 Å². The van der Waals surface area contributed by atoms with Crippen molar-refractivity contribution in [1.29, 1.82) is 0 Å². The van der Waals surface area contributed by atoms with Crippen LogP contribution in [0.25, 0.3) is 5.57 Å². The molecule has 1 unspecified atom stereocenters. The van der Waals surface area contributed by atoms with E-state index < -0.39 is 0 Å². The van der Waals surface area contributed by atoms with Crippen molar-refractivity contribution in [3.8, 4) is 0 Å². The molecule has 1 aliphatic carbocycles. The van der Waals surface area contributed by atoms with E-state index in [1.807, 2.05) is 44.2 Å². The van der Waals surface area contributed by atoms with Crippen LogP contribution >= 0.6 is 0 Å². The van der Waals surface area contributed by atoms with Gasteiger partial charge >= 0.3 is 0 Å². The molecule has 0 bridgehead atoms. The predicted molar refractivity (Wildman–Crippen MR) is 63.3 cm³/mol. The van der Waals surface area contributed by atoms with Crippen LogP contribution in [0.5, 0.6) is 0 Å². The van der Waals surface area contributed by atoms with Crippen molar-refractivity contribution in [2.24, 2.45) is 5.41 Å². The Bertz CT molecular complexity index is 399. The van der Waals surface area contributed by atoms with Crippen LogP contribution in [0.1, 0.15) is 19.4 Å². The first-order valence-corrected chi connectivity index (χ1v) is 5.24. The zero-order valence-electron chi connectivity index (χ0n) is 9.14. The van der Waals surface area contributed by atoms with Crippen LogP contribution in [-0.4, -0.2) is 11.2 Å². The summed E-state index contributed by atoms with van der Waals surface area (Å²) >= 11 is 0. The molecule has 15 heavy (non-hydrogen) atoms. The molecule has 1 aromatic rings. The van der Waals surface area contributed by atoms with E-state index in [1.54, 1.807) is 0 Å². The molecule has 0 spiro atoms. The van der Waals surface area contributed by atoms with Crippen LogP contribution in [0.2, 0.25) is 0 Å². The predicted octanol–water partition coefficient (Wildman–Crippen LogP) is 3.03. The van der Waals surface area contributed by atoms with E-state index in [4.69, 9.17) is 0 Å². The summed E-state index contributed by atoms with van der Waals surface area (Å²) in [5.41, 5.74) is 2.21. The number of aliphatic hydroxyl groups excluding tert-OH is 1. The first kappa shape index (κ1) is 10.2. The van der Waals surface area contributed by atoms with E-state index in [0.29, 0.717) is 0 Å². The molecule has 0 saturated heterocycles. The van der Waals surface area contributed by atoms with Crippen LogP contribution in [0.4, 0.5) is 0 Å². The summed E-state index contributed by atoms with van der Waals surface area (Å²) in [4.78, 5) is 0.